The zero-order chi connectivity index (χ0) is 11.6. The minimum Gasteiger partial charge on any atom is -0.373 e. The van der Waals surface area contributed by atoms with Crippen LogP contribution in [0.1, 0.15) is 39.0 Å². The van der Waals surface area contributed by atoms with Crippen molar-refractivity contribution in [1.29, 1.82) is 0 Å². The van der Waals surface area contributed by atoms with Gasteiger partial charge >= 0.3 is 0 Å². The molecule has 0 aromatic carbocycles. The first-order chi connectivity index (χ1) is 7.63. The third-order valence-electron chi connectivity index (χ3n) is 3.68. The molecular formula is C12H22N2O2. The fourth-order valence-electron chi connectivity index (χ4n) is 2.81. The first-order valence-electron chi connectivity index (χ1n) is 6.31. The van der Waals surface area contributed by atoms with E-state index in [4.69, 9.17) is 10.5 Å². The van der Waals surface area contributed by atoms with Crippen LogP contribution in [0.2, 0.25) is 0 Å². The van der Waals surface area contributed by atoms with Crippen LogP contribution in [0.3, 0.4) is 0 Å². The Labute approximate surface area is 97.1 Å². The molecule has 4 nitrogen and oxygen atoms in total. The zero-order valence-electron chi connectivity index (χ0n) is 10.1. The zero-order valence-corrected chi connectivity index (χ0v) is 10.1. The van der Waals surface area contributed by atoms with Gasteiger partial charge in [-0.2, -0.15) is 0 Å². The van der Waals surface area contributed by atoms with Crippen LogP contribution in [-0.2, 0) is 9.53 Å². The lowest BCUT2D eigenvalue weighted by molar-refractivity contribution is -0.149. The Hall–Kier alpha value is -0.610. The number of hydrogen-bond acceptors (Lipinski definition) is 3. The number of hydrogen-bond donors (Lipinski definition) is 1. The lowest BCUT2D eigenvalue weighted by Gasteiger charge is -2.45. The molecule has 2 saturated heterocycles. The maximum atomic E-state index is 11.9. The molecule has 2 atom stereocenters. The highest BCUT2D eigenvalue weighted by Gasteiger charge is 2.39. The second-order valence-corrected chi connectivity index (χ2v) is 5.14. The van der Waals surface area contributed by atoms with Crippen molar-refractivity contribution in [1.82, 2.24) is 4.90 Å². The van der Waals surface area contributed by atoms with Crippen molar-refractivity contribution in [2.75, 3.05) is 19.7 Å². The van der Waals surface area contributed by atoms with E-state index in [0.717, 1.165) is 45.4 Å². The SMILES string of the molecule is CC(N)C(=O)N1CCCC2(CCCCO2)C1. The highest BCUT2D eigenvalue weighted by Crippen LogP contribution is 2.33. The number of carbonyl (C=O) groups excluding carboxylic acids is 1. The van der Waals surface area contributed by atoms with Crippen molar-refractivity contribution in [3.05, 3.63) is 0 Å². The first kappa shape index (κ1) is 11.9. The summed E-state index contributed by atoms with van der Waals surface area (Å²) < 4.78 is 5.93. The molecule has 4 heteroatoms. The summed E-state index contributed by atoms with van der Waals surface area (Å²) in [6, 6.07) is -0.390. The average molecular weight is 226 g/mol. The Kier molecular flexibility index (Phi) is 3.50. The van der Waals surface area contributed by atoms with Crippen LogP contribution in [-0.4, -0.2) is 42.1 Å². The maximum absolute atomic E-state index is 11.9. The van der Waals surface area contributed by atoms with Crippen molar-refractivity contribution in [3.63, 3.8) is 0 Å². The summed E-state index contributed by atoms with van der Waals surface area (Å²) in [7, 11) is 0. The van der Waals surface area contributed by atoms with Gasteiger partial charge in [0.15, 0.2) is 0 Å². The van der Waals surface area contributed by atoms with Gasteiger partial charge in [-0.15, -0.1) is 0 Å². The van der Waals surface area contributed by atoms with Gasteiger partial charge in [0.1, 0.15) is 0 Å². The molecule has 2 N–H and O–H groups in total. The van der Waals surface area contributed by atoms with Crippen molar-refractivity contribution < 1.29 is 9.53 Å². The average Bonchev–Trinajstić information content (AvgIpc) is 2.29. The fraction of sp³-hybridized carbons (Fsp3) is 0.917. The number of nitrogens with two attached hydrogens (primary N) is 1. The van der Waals surface area contributed by atoms with Crippen LogP contribution in [0.25, 0.3) is 0 Å². The van der Waals surface area contributed by atoms with Gasteiger partial charge in [0.2, 0.25) is 5.91 Å². The molecule has 0 bridgehead atoms. The number of piperidine rings is 1. The smallest absolute Gasteiger partial charge is 0.239 e. The summed E-state index contributed by atoms with van der Waals surface area (Å²) in [6.07, 6.45) is 5.60. The molecule has 1 spiro atoms. The quantitative estimate of drug-likeness (QED) is 0.722. The summed E-state index contributed by atoms with van der Waals surface area (Å²) in [5.41, 5.74) is 5.60. The standard InChI is InChI=1S/C12H22N2O2/c1-10(13)11(15)14-7-4-6-12(9-14)5-2-3-8-16-12/h10H,2-9,13H2,1H3. The first-order valence-corrected chi connectivity index (χ1v) is 6.31. The molecule has 0 radical (unpaired) electrons. The van der Waals surface area contributed by atoms with Crippen molar-refractivity contribution in [3.8, 4) is 0 Å². The molecule has 2 heterocycles. The molecule has 2 fully saturated rings. The number of ether oxygens (including phenoxy) is 1. The van der Waals surface area contributed by atoms with E-state index in [1.165, 1.54) is 6.42 Å². The van der Waals surface area contributed by atoms with E-state index < -0.39 is 6.04 Å². The van der Waals surface area contributed by atoms with Gasteiger partial charge in [-0.3, -0.25) is 4.79 Å². The number of amides is 1. The normalized spacial score (nSPS) is 32.8. The molecule has 2 unspecified atom stereocenters. The highest BCUT2D eigenvalue weighted by molar-refractivity contribution is 5.81. The molecule has 1 amide bonds. The second kappa shape index (κ2) is 4.72. The molecule has 0 aromatic rings. The number of carbonyl (C=O) groups is 1. The Balaban J connectivity index is 2.00. The lowest BCUT2D eigenvalue weighted by atomic mass is 9.85. The summed E-state index contributed by atoms with van der Waals surface area (Å²) in [6.45, 7) is 4.18. The van der Waals surface area contributed by atoms with Crippen LogP contribution in [0.15, 0.2) is 0 Å². The monoisotopic (exact) mass is 226 g/mol. The van der Waals surface area contributed by atoms with Crippen LogP contribution in [0, 0.1) is 0 Å². The van der Waals surface area contributed by atoms with Gasteiger partial charge in [-0.1, -0.05) is 0 Å². The van der Waals surface area contributed by atoms with Crippen LogP contribution in [0.4, 0.5) is 0 Å². The Morgan fingerprint density at radius 3 is 2.75 bits per heavy atom. The van der Waals surface area contributed by atoms with E-state index in [2.05, 4.69) is 0 Å². The molecule has 2 rings (SSSR count). The molecule has 0 aromatic heterocycles. The molecule has 16 heavy (non-hydrogen) atoms. The van der Waals surface area contributed by atoms with E-state index in [1.54, 1.807) is 6.92 Å². The van der Waals surface area contributed by atoms with Gasteiger partial charge in [-0.05, 0) is 39.0 Å². The Morgan fingerprint density at radius 1 is 1.38 bits per heavy atom. The maximum Gasteiger partial charge on any atom is 0.239 e. The van der Waals surface area contributed by atoms with Gasteiger partial charge in [0, 0.05) is 19.7 Å². The van der Waals surface area contributed by atoms with Gasteiger partial charge < -0.3 is 15.4 Å². The largest absolute Gasteiger partial charge is 0.373 e. The lowest BCUT2D eigenvalue weighted by Crippen LogP contribution is -2.55. The van der Waals surface area contributed by atoms with Crippen LogP contribution >= 0.6 is 0 Å². The van der Waals surface area contributed by atoms with Crippen LogP contribution in [0.5, 0.6) is 0 Å². The highest BCUT2D eigenvalue weighted by atomic mass is 16.5. The van der Waals surface area contributed by atoms with E-state index in [9.17, 15) is 4.79 Å². The molecule has 0 aliphatic carbocycles. The van der Waals surface area contributed by atoms with Crippen molar-refractivity contribution >= 4 is 5.91 Å². The third-order valence-corrected chi connectivity index (χ3v) is 3.68. The minimum absolute atomic E-state index is 0.0545. The number of likely N-dealkylation sites (tertiary alicyclic amines) is 1. The van der Waals surface area contributed by atoms with E-state index in [-0.39, 0.29) is 11.5 Å². The summed E-state index contributed by atoms with van der Waals surface area (Å²) in [5, 5.41) is 0. The summed E-state index contributed by atoms with van der Waals surface area (Å²) in [4.78, 5) is 13.8. The predicted octanol–water partition coefficient (Wildman–Crippen LogP) is 0.895. The number of nitrogens with zero attached hydrogens (tertiary/aromatic N) is 1. The van der Waals surface area contributed by atoms with Crippen molar-refractivity contribution in [2.24, 2.45) is 5.73 Å². The molecule has 2 aliphatic rings. The summed E-state index contributed by atoms with van der Waals surface area (Å²) >= 11 is 0. The van der Waals surface area contributed by atoms with Gasteiger partial charge in [-0.25, -0.2) is 0 Å². The Morgan fingerprint density at radius 2 is 2.12 bits per heavy atom. The summed E-state index contributed by atoms with van der Waals surface area (Å²) in [5.74, 6) is 0.0632. The van der Waals surface area contributed by atoms with Crippen molar-refractivity contribution in [2.45, 2.75) is 50.7 Å². The molecule has 0 saturated carbocycles. The van der Waals surface area contributed by atoms with Crippen LogP contribution < -0.4 is 5.73 Å². The molecule has 2 aliphatic heterocycles. The van der Waals surface area contributed by atoms with Gasteiger partial charge in [0.25, 0.3) is 0 Å². The predicted molar refractivity (Wildman–Crippen MR) is 62.0 cm³/mol. The second-order valence-electron chi connectivity index (χ2n) is 5.14. The van der Waals surface area contributed by atoms with E-state index >= 15 is 0 Å². The van der Waals surface area contributed by atoms with E-state index in [1.807, 2.05) is 4.90 Å². The molecule has 92 valence electrons. The number of rotatable bonds is 1. The fourth-order valence-corrected chi connectivity index (χ4v) is 2.81. The molecular weight excluding hydrogens is 204 g/mol. The Bertz CT molecular complexity index is 254. The topological polar surface area (TPSA) is 55.6 Å². The third kappa shape index (κ3) is 2.38. The van der Waals surface area contributed by atoms with Gasteiger partial charge in [0.05, 0.1) is 11.6 Å². The van der Waals surface area contributed by atoms with E-state index in [0.29, 0.717) is 0 Å². The minimum atomic E-state index is -0.390.